The summed E-state index contributed by atoms with van der Waals surface area (Å²) in [5, 5.41) is 3.52. The van der Waals surface area contributed by atoms with Gasteiger partial charge in [0, 0.05) is 42.6 Å². The minimum Gasteiger partial charge on any atom is -0.352 e. The lowest BCUT2D eigenvalue weighted by molar-refractivity contribution is -0.141. The van der Waals surface area contributed by atoms with Gasteiger partial charge in [-0.05, 0) is 49.1 Å². The Morgan fingerprint density at radius 3 is 2.36 bits per heavy atom. The summed E-state index contributed by atoms with van der Waals surface area (Å²) in [4.78, 5) is 29.1. The number of benzene rings is 3. The number of nitrogens with one attached hydrogen (secondary N) is 1. The number of halogens is 2. The van der Waals surface area contributed by atoms with Gasteiger partial charge in [0.25, 0.3) is 0 Å². The second-order valence-corrected chi connectivity index (χ2v) is 13.1. The fraction of sp³-hybridized carbons (Fsp3) is 0.375. The normalized spacial score (nSPS) is 14.4. The Morgan fingerprint density at radius 2 is 1.69 bits per heavy atom. The van der Waals surface area contributed by atoms with Gasteiger partial charge in [-0.3, -0.25) is 13.9 Å². The molecule has 0 saturated heterocycles. The number of nitrogens with zero attached hydrogens (tertiary/aromatic N) is 2. The van der Waals surface area contributed by atoms with Crippen LogP contribution >= 0.6 is 11.6 Å². The van der Waals surface area contributed by atoms with Gasteiger partial charge in [0.2, 0.25) is 21.8 Å². The van der Waals surface area contributed by atoms with E-state index in [1.54, 1.807) is 42.5 Å². The minimum absolute atomic E-state index is 0.0378. The average Bonchev–Trinajstić information content (AvgIpc) is 3.46. The Morgan fingerprint density at radius 1 is 1.00 bits per heavy atom. The van der Waals surface area contributed by atoms with Gasteiger partial charge in [0.15, 0.2) is 0 Å². The van der Waals surface area contributed by atoms with Gasteiger partial charge in [0.05, 0.1) is 11.9 Å². The summed E-state index contributed by atoms with van der Waals surface area (Å²) >= 11 is 6.10. The largest absolute Gasteiger partial charge is 0.352 e. The summed E-state index contributed by atoms with van der Waals surface area (Å²) in [6.07, 6.45) is 5.36. The molecule has 1 aliphatic carbocycles. The first-order valence-electron chi connectivity index (χ1n) is 14.2. The topological polar surface area (TPSA) is 86.8 Å². The number of hydrogen-bond donors (Lipinski definition) is 1. The molecule has 1 N–H and O–H groups in total. The first-order chi connectivity index (χ1) is 20.1. The molecule has 42 heavy (non-hydrogen) atoms. The molecule has 0 aliphatic heterocycles. The molecule has 224 valence electrons. The molecule has 0 heterocycles. The lowest BCUT2D eigenvalue weighted by Gasteiger charge is -2.33. The third-order valence-corrected chi connectivity index (χ3v) is 8.95. The summed E-state index contributed by atoms with van der Waals surface area (Å²) in [5.41, 5.74) is 1.58. The van der Waals surface area contributed by atoms with Crippen molar-refractivity contribution in [3.8, 4) is 0 Å². The fourth-order valence-electron chi connectivity index (χ4n) is 5.37. The van der Waals surface area contributed by atoms with Crippen LogP contribution in [-0.2, 0) is 32.6 Å². The highest BCUT2D eigenvalue weighted by atomic mass is 35.5. The Bertz CT molecular complexity index is 1470. The van der Waals surface area contributed by atoms with Gasteiger partial charge in [-0.15, -0.1) is 0 Å². The van der Waals surface area contributed by atoms with Crippen molar-refractivity contribution in [3.05, 3.63) is 101 Å². The van der Waals surface area contributed by atoms with E-state index in [2.05, 4.69) is 5.32 Å². The third-order valence-electron chi connectivity index (χ3n) is 7.52. The second-order valence-electron chi connectivity index (χ2n) is 10.7. The molecule has 3 aromatic carbocycles. The van der Waals surface area contributed by atoms with Crippen molar-refractivity contribution in [2.45, 2.75) is 63.6 Å². The molecule has 1 unspecified atom stereocenters. The predicted octanol–water partition coefficient (Wildman–Crippen LogP) is 5.72. The molecule has 0 spiro atoms. The molecule has 1 saturated carbocycles. The maximum atomic E-state index is 14.8. The van der Waals surface area contributed by atoms with E-state index in [4.69, 9.17) is 11.6 Å². The smallest absolute Gasteiger partial charge is 0.243 e. The lowest BCUT2D eigenvalue weighted by atomic mass is 10.0. The van der Waals surface area contributed by atoms with Gasteiger partial charge < -0.3 is 10.2 Å². The highest BCUT2D eigenvalue weighted by molar-refractivity contribution is 7.92. The number of sulfonamides is 1. The van der Waals surface area contributed by atoms with E-state index in [1.807, 2.05) is 30.3 Å². The van der Waals surface area contributed by atoms with E-state index in [-0.39, 0.29) is 50.2 Å². The summed E-state index contributed by atoms with van der Waals surface area (Å²) in [6, 6.07) is 21.3. The molecular formula is C32H37ClFN3O4S. The van der Waals surface area contributed by atoms with Gasteiger partial charge in [-0.2, -0.15) is 0 Å². The molecule has 7 nitrogen and oxygen atoms in total. The van der Waals surface area contributed by atoms with Gasteiger partial charge in [-0.1, -0.05) is 79.0 Å². The summed E-state index contributed by atoms with van der Waals surface area (Å²) in [7, 11) is -3.65. The summed E-state index contributed by atoms with van der Waals surface area (Å²) in [5.74, 6) is -1.10. The Labute approximate surface area is 252 Å². The number of carbonyl (C=O) groups is 2. The molecule has 2 amide bonds. The van der Waals surface area contributed by atoms with E-state index < -0.39 is 21.9 Å². The molecule has 4 rings (SSSR count). The van der Waals surface area contributed by atoms with Crippen LogP contribution in [0.4, 0.5) is 10.1 Å². The van der Waals surface area contributed by atoms with Gasteiger partial charge >= 0.3 is 0 Å². The molecule has 3 aromatic rings. The average molecular weight is 614 g/mol. The summed E-state index contributed by atoms with van der Waals surface area (Å²) < 4.78 is 41.2. The van der Waals surface area contributed by atoms with Crippen LogP contribution in [0.3, 0.4) is 0 Å². The molecule has 1 atom stereocenters. The highest BCUT2D eigenvalue weighted by Crippen LogP contribution is 2.24. The zero-order chi connectivity index (χ0) is 30.1. The minimum atomic E-state index is -3.65. The van der Waals surface area contributed by atoms with Crippen molar-refractivity contribution in [2.24, 2.45) is 0 Å². The lowest BCUT2D eigenvalue weighted by Crippen LogP contribution is -2.52. The molecule has 1 aliphatic rings. The third kappa shape index (κ3) is 8.79. The molecule has 10 heteroatoms. The number of rotatable bonds is 13. The number of carbonyl (C=O) groups excluding carboxylic acids is 2. The first kappa shape index (κ1) is 31.5. The van der Waals surface area contributed by atoms with Crippen LogP contribution in [0, 0.1) is 5.82 Å². The van der Waals surface area contributed by atoms with Gasteiger partial charge in [0.1, 0.15) is 11.9 Å². The van der Waals surface area contributed by atoms with Crippen molar-refractivity contribution in [1.29, 1.82) is 0 Å². The fourth-order valence-corrected chi connectivity index (χ4v) is 6.51. The Hall–Kier alpha value is -3.43. The zero-order valence-electron chi connectivity index (χ0n) is 23.7. The Kier molecular flexibility index (Phi) is 11.0. The van der Waals surface area contributed by atoms with E-state index >= 15 is 0 Å². The maximum absolute atomic E-state index is 14.8. The molecule has 1 fully saturated rings. The van der Waals surface area contributed by atoms with Crippen molar-refractivity contribution < 1.29 is 22.4 Å². The van der Waals surface area contributed by atoms with Crippen molar-refractivity contribution >= 4 is 39.1 Å². The van der Waals surface area contributed by atoms with Crippen molar-refractivity contribution in [1.82, 2.24) is 10.2 Å². The molecule has 0 bridgehead atoms. The van der Waals surface area contributed by atoms with Crippen LogP contribution in [0.5, 0.6) is 0 Å². The quantitative estimate of drug-likeness (QED) is 0.267. The number of hydrogen-bond acceptors (Lipinski definition) is 4. The second kappa shape index (κ2) is 14.6. The van der Waals surface area contributed by atoms with Crippen LogP contribution in [0.25, 0.3) is 0 Å². The van der Waals surface area contributed by atoms with Crippen molar-refractivity contribution in [3.63, 3.8) is 0 Å². The first-order valence-corrected chi connectivity index (χ1v) is 16.4. The van der Waals surface area contributed by atoms with E-state index in [0.717, 1.165) is 37.5 Å². The zero-order valence-corrected chi connectivity index (χ0v) is 25.3. The number of anilines is 1. The SMILES string of the molecule is CS(=O)(=O)N(CCCC(=O)N(Cc1ccccc1F)C(Cc1ccccc1)C(=O)NC1CCCC1)c1cccc(Cl)c1. The van der Waals surface area contributed by atoms with Crippen LogP contribution in [0.1, 0.15) is 49.7 Å². The number of amides is 2. The monoisotopic (exact) mass is 613 g/mol. The predicted molar refractivity (Wildman–Crippen MR) is 164 cm³/mol. The highest BCUT2D eigenvalue weighted by Gasteiger charge is 2.32. The van der Waals surface area contributed by atoms with Crippen molar-refractivity contribution in [2.75, 3.05) is 17.1 Å². The van der Waals surface area contributed by atoms with E-state index in [9.17, 15) is 22.4 Å². The van der Waals surface area contributed by atoms with Gasteiger partial charge in [-0.25, -0.2) is 12.8 Å². The van der Waals surface area contributed by atoms with E-state index in [1.165, 1.54) is 15.3 Å². The standard InChI is InChI=1S/C32H37ClFN3O4S/c1-42(40,41)37(28-17-9-14-26(33)22-28)20-10-19-31(38)36(23-25-13-5-8-18-29(25)34)30(21-24-11-3-2-4-12-24)32(39)35-27-15-6-7-16-27/h2-5,8-9,11-14,17-18,22,27,30H,6-7,10,15-16,19-21,23H2,1H3,(H,35,39). The van der Waals surface area contributed by atoms with Crippen LogP contribution in [0.15, 0.2) is 78.9 Å². The molecular weight excluding hydrogens is 577 g/mol. The molecule has 0 radical (unpaired) electrons. The van der Waals surface area contributed by atoms with Crippen LogP contribution < -0.4 is 9.62 Å². The molecule has 0 aromatic heterocycles. The summed E-state index contributed by atoms with van der Waals surface area (Å²) in [6.45, 7) is -0.0543. The van der Waals surface area contributed by atoms with Crippen LogP contribution in [-0.4, -0.2) is 50.0 Å². The van der Waals surface area contributed by atoms with E-state index in [0.29, 0.717) is 16.3 Å². The van der Waals surface area contributed by atoms with Crippen LogP contribution in [0.2, 0.25) is 5.02 Å². The Balaban J connectivity index is 1.59. The maximum Gasteiger partial charge on any atom is 0.243 e.